The molecule has 0 N–H and O–H groups in total. The zero-order chi connectivity index (χ0) is 26.9. The molecule has 6 heteroatoms. The van der Waals surface area contributed by atoms with E-state index in [1.165, 1.54) is 5.56 Å². The Morgan fingerprint density at radius 1 is 0.795 bits per heavy atom. The number of hydrogen-bond donors (Lipinski definition) is 0. The predicted octanol–water partition coefficient (Wildman–Crippen LogP) is 6.76. The van der Waals surface area contributed by atoms with Crippen molar-refractivity contribution in [1.82, 2.24) is 4.57 Å². The van der Waals surface area contributed by atoms with Gasteiger partial charge in [0.1, 0.15) is 17.2 Å². The standard InChI is InChI=1S/C33H29NO5/c1-36-20-39-25-10-7-21(8-11-25)33(35)31-29-13-9-23(22-5-4-6-26(17-22)37-2)19-30(29)34-16-15-24-18-27(38-3)12-14-28(24)32(31)34/h4-14,17-19H,15-16,20H2,1-3H3. The second-order valence-electron chi connectivity index (χ2n) is 9.52. The fraction of sp³-hybridized carbons (Fsp3) is 0.182. The Balaban J connectivity index is 1.53. The molecule has 0 saturated carbocycles. The van der Waals surface area contributed by atoms with Crippen molar-refractivity contribution in [2.45, 2.75) is 13.0 Å². The predicted molar refractivity (Wildman–Crippen MR) is 152 cm³/mol. The maximum absolute atomic E-state index is 14.2. The van der Waals surface area contributed by atoms with E-state index in [2.05, 4.69) is 41.0 Å². The number of aromatic nitrogens is 1. The minimum atomic E-state index is -0.0233. The molecule has 5 aromatic rings. The van der Waals surface area contributed by atoms with Crippen LogP contribution in [0.15, 0.2) is 84.9 Å². The van der Waals surface area contributed by atoms with Gasteiger partial charge in [-0.2, -0.15) is 0 Å². The first-order chi connectivity index (χ1) is 19.1. The van der Waals surface area contributed by atoms with Crippen molar-refractivity contribution in [1.29, 1.82) is 0 Å². The normalized spacial score (nSPS) is 12.1. The number of fused-ring (bicyclic) bond motifs is 5. The lowest BCUT2D eigenvalue weighted by Gasteiger charge is -2.22. The van der Waals surface area contributed by atoms with E-state index in [-0.39, 0.29) is 12.6 Å². The molecule has 4 aromatic carbocycles. The summed E-state index contributed by atoms with van der Waals surface area (Å²) in [6.07, 6.45) is 0.853. The minimum Gasteiger partial charge on any atom is -0.497 e. The van der Waals surface area contributed by atoms with Crippen LogP contribution in [0.2, 0.25) is 0 Å². The lowest BCUT2D eigenvalue weighted by Crippen LogP contribution is -2.13. The maximum atomic E-state index is 14.2. The molecular formula is C33H29NO5. The number of methoxy groups -OCH3 is 3. The number of carbonyl (C=O) groups is 1. The largest absolute Gasteiger partial charge is 0.497 e. The molecule has 1 aliphatic rings. The summed E-state index contributed by atoms with van der Waals surface area (Å²) in [5, 5.41) is 0.935. The van der Waals surface area contributed by atoms with Crippen LogP contribution in [0.5, 0.6) is 17.2 Å². The zero-order valence-corrected chi connectivity index (χ0v) is 22.2. The minimum absolute atomic E-state index is 0.0233. The topological polar surface area (TPSA) is 58.9 Å². The van der Waals surface area contributed by atoms with Gasteiger partial charge in [-0.3, -0.25) is 4.79 Å². The van der Waals surface area contributed by atoms with Gasteiger partial charge in [-0.15, -0.1) is 0 Å². The Morgan fingerprint density at radius 2 is 1.54 bits per heavy atom. The highest BCUT2D eigenvalue weighted by molar-refractivity contribution is 6.21. The van der Waals surface area contributed by atoms with Crippen LogP contribution < -0.4 is 14.2 Å². The number of ketones is 1. The molecule has 196 valence electrons. The van der Waals surface area contributed by atoms with E-state index in [4.69, 9.17) is 18.9 Å². The summed E-state index contributed by atoms with van der Waals surface area (Å²) in [7, 11) is 4.93. The fourth-order valence-electron chi connectivity index (χ4n) is 5.41. The highest BCUT2D eigenvalue weighted by Gasteiger charge is 2.29. The molecule has 0 fully saturated rings. The Morgan fingerprint density at radius 3 is 2.31 bits per heavy atom. The SMILES string of the molecule is COCOc1ccc(C(=O)c2c3n(c4cc(-c5cccc(OC)c5)ccc24)CCc2cc(OC)ccc2-3)cc1. The van der Waals surface area contributed by atoms with Gasteiger partial charge in [-0.05, 0) is 83.8 Å². The van der Waals surface area contributed by atoms with Crippen molar-refractivity contribution in [3.63, 3.8) is 0 Å². The number of rotatable bonds is 8. The lowest BCUT2D eigenvalue weighted by atomic mass is 9.92. The lowest BCUT2D eigenvalue weighted by molar-refractivity contribution is 0.0511. The molecule has 6 nitrogen and oxygen atoms in total. The average molecular weight is 520 g/mol. The van der Waals surface area contributed by atoms with Gasteiger partial charge >= 0.3 is 0 Å². The fourth-order valence-corrected chi connectivity index (χ4v) is 5.41. The molecular weight excluding hydrogens is 490 g/mol. The van der Waals surface area contributed by atoms with Crippen LogP contribution in [0.3, 0.4) is 0 Å². The van der Waals surface area contributed by atoms with E-state index in [1.54, 1.807) is 33.5 Å². The van der Waals surface area contributed by atoms with Crippen LogP contribution in [0, 0.1) is 0 Å². The smallest absolute Gasteiger partial charge is 0.195 e. The van der Waals surface area contributed by atoms with Gasteiger partial charge in [-0.25, -0.2) is 0 Å². The van der Waals surface area contributed by atoms with Gasteiger partial charge in [0.05, 0.1) is 25.5 Å². The van der Waals surface area contributed by atoms with Gasteiger partial charge in [0.15, 0.2) is 12.6 Å². The van der Waals surface area contributed by atoms with Gasteiger partial charge < -0.3 is 23.5 Å². The van der Waals surface area contributed by atoms with E-state index in [0.717, 1.165) is 57.8 Å². The molecule has 0 spiro atoms. The number of hydrogen-bond acceptors (Lipinski definition) is 5. The molecule has 6 rings (SSSR count). The van der Waals surface area contributed by atoms with Crippen LogP contribution in [0.1, 0.15) is 21.5 Å². The third-order valence-corrected chi connectivity index (χ3v) is 7.33. The molecule has 0 atom stereocenters. The molecule has 2 heterocycles. The molecule has 1 aromatic heterocycles. The second kappa shape index (κ2) is 10.3. The van der Waals surface area contributed by atoms with Crippen molar-refractivity contribution >= 4 is 16.7 Å². The van der Waals surface area contributed by atoms with Crippen LogP contribution in [-0.2, 0) is 17.7 Å². The van der Waals surface area contributed by atoms with E-state index >= 15 is 0 Å². The van der Waals surface area contributed by atoms with E-state index < -0.39 is 0 Å². The molecule has 0 bridgehead atoms. The maximum Gasteiger partial charge on any atom is 0.195 e. The Hall–Kier alpha value is -4.55. The van der Waals surface area contributed by atoms with Crippen molar-refractivity contribution in [2.75, 3.05) is 28.1 Å². The summed E-state index contributed by atoms with van der Waals surface area (Å²) in [4.78, 5) is 14.2. The van der Waals surface area contributed by atoms with Crippen molar-refractivity contribution in [3.05, 3.63) is 102 Å². The average Bonchev–Trinajstić information content (AvgIpc) is 3.33. The first-order valence-corrected chi connectivity index (χ1v) is 12.9. The Labute approximate surface area is 227 Å². The monoisotopic (exact) mass is 519 g/mol. The molecule has 1 aliphatic heterocycles. The first-order valence-electron chi connectivity index (χ1n) is 12.9. The van der Waals surface area contributed by atoms with Crippen molar-refractivity contribution in [3.8, 4) is 39.6 Å². The van der Waals surface area contributed by atoms with Crippen LogP contribution in [0.25, 0.3) is 33.3 Å². The first kappa shape index (κ1) is 24.8. The summed E-state index contributed by atoms with van der Waals surface area (Å²) in [5.41, 5.74) is 7.66. The second-order valence-corrected chi connectivity index (χ2v) is 9.52. The van der Waals surface area contributed by atoms with E-state index in [9.17, 15) is 4.79 Å². The summed E-state index contributed by atoms with van der Waals surface area (Å²) >= 11 is 0. The molecule has 39 heavy (non-hydrogen) atoms. The van der Waals surface area contributed by atoms with Crippen LogP contribution >= 0.6 is 0 Å². The molecule has 0 saturated heterocycles. The number of benzene rings is 4. The molecule has 0 radical (unpaired) electrons. The highest BCUT2D eigenvalue weighted by Crippen LogP contribution is 2.42. The summed E-state index contributed by atoms with van der Waals surface area (Å²) in [6.45, 7) is 0.922. The highest BCUT2D eigenvalue weighted by atomic mass is 16.7. The third kappa shape index (κ3) is 4.43. The van der Waals surface area contributed by atoms with Gasteiger partial charge in [0.25, 0.3) is 0 Å². The third-order valence-electron chi connectivity index (χ3n) is 7.33. The summed E-state index contributed by atoms with van der Waals surface area (Å²) < 4.78 is 23.7. The summed E-state index contributed by atoms with van der Waals surface area (Å²) in [6, 6.07) is 27.7. The summed E-state index contributed by atoms with van der Waals surface area (Å²) in [5.74, 6) is 2.25. The zero-order valence-electron chi connectivity index (χ0n) is 22.2. The van der Waals surface area contributed by atoms with Gasteiger partial charge in [0, 0.05) is 35.7 Å². The number of nitrogens with zero attached hydrogens (tertiary/aromatic N) is 1. The van der Waals surface area contributed by atoms with Crippen molar-refractivity contribution in [2.24, 2.45) is 0 Å². The molecule has 0 unspecified atom stereocenters. The van der Waals surface area contributed by atoms with Crippen molar-refractivity contribution < 1.29 is 23.7 Å². The molecule has 0 aliphatic carbocycles. The number of ether oxygens (including phenoxy) is 4. The Kier molecular flexibility index (Phi) is 6.55. The van der Waals surface area contributed by atoms with Crippen LogP contribution in [-0.4, -0.2) is 38.5 Å². The number of aryl methyl sites for hydroxylation is 2. The Bertz CT molecular complexity index is 1680. The van der Waals surface area contributed by atoms with Gasteiger partial charge in [0.2, 0.25) is 0 Å². The molecule has 0 amide bonds. The van der Waals surface area contributed by atoms with Crippen LogP contribution in [0.4, 0.5) is 0 Å². The quantitative estimate of drug-likeness (QED) is 0.167. The van der Waals surface area contributed by atoms with Gasteiger partial charge in [-0.1, -0.05) is 24.3 Å². The number of carbonyl (C=O) groups excluding carboxylic acids is 1. The van der Waals surface area contributed by atoms with E-state index in [1.807, 2.05) is 36.4 Å². The van der Waals surface area contributed by atoms with E-state index in [0.29, 0.717) is 16.9 Å².